The SMILES string of the molecule is Cc1ccc(C(=O)C(Sc2nnc(C(C)C)n2C)c2ccc(C)cc2)cc1. The summed E-state index contributed by atoms with van der Waals surface area (Å²) < 4.78 is 1.99. The molecule has 4 nitrogen and oxygen atoms in total. The monoisotopic (exact) mass is 379 g/mol. The number of benzene rings is 2. The normalized spacial score (nSPS) is 12.4. The van der Waals surface area contributed by atoms with Crippen molar-refractivity contribution in [1.29, 1.82) is 0 Å². The number of thioether (sulfide) groups is 1. The van der Waals surface area contributed by atoms with Gasteiger partial charge >= 0.3 is 0 Å². The first-order valence-corrected chi connectivity index (χ1v) is 9.98. The second kappa shape index (κ2) is 8.09. The highest BCUT2D eigenvalue weighted by atomic mass is 32.2. The van der Waals surface area contributed by atoms with Crippen LogP contribution < -0.4 is 0 Å². The summed E-state index contributed by atoms with van der Waals surface area (Å²) >= 11 is 1.46. The fourth-order valence-corrected chi connectivity index (χ4v) is 4.01. The predicted octanol–water partition coefficient (Wildman–Crippen LogP) is 5.27. The molecule has 3 aromatic rings. The van der Waals surface area contributed by atoms with Gasteiger partial charge in [-0.15, -0.1) is 10.2 Å². The van der Waals surface area contributed by atoms with Gasteiger partial charge in [-0.2, -0.15) is 0 Å². The summed E-state index contributed by atoms with van der Waals surface area (Å²) in [6, 6.07) is 15.9. The number of nitrogens with zero attached hydrogens (tertiary/aromatic N) is 3. The van der Waals surface area contributed by atoms with Gasteiger partial charge in [-0.3, -0.25) is 4.79 Å². The van der Waals surface area contributed by atoms with Crippen molar-refractivity contribution in [2.24, 2.45) is 7.05 Å². The minimum absolute atomic E-state index is 0.0814. The van der Waals surface area contributed by atoms with E-state index in [1.807, 2.05) is 74.0 Å². The van der Waals surface area contributed by atoms with E-state index in [1.54, 1.807) is 0 Å². The molecule has 0 saturated heterocycles. The van der Waals surface area contributed by atoms with Crippen LogP contribution in [0.25, 0.3) is 0 Å². The molecule has 0 fully saturated rings. The summed E-state index contributed by atoms with van der Waals surface area (Å²) in [7, 11) is 1.96. The first kappa shape index (κ1) is 19.4. The molecule has 1 heterocycles. The first-order chi connectivity index (χ1) is 12.9. The molecule has 2 aromatic carbocycles. The molecule has 0 aliphatic heterocycles. The number of carbonyl (C=O) groups excluding carboxylic acids is 1. The van der Waals surface area contributed by atoms with Gasteiger partial charge in [0.25, 0.3) is 0 Å². The van der Waals surface area contributed by atoms with E-state index in [4.69, 9.17) is 0 Å². The summed E-state index contributed by atoms with van der Waals surface area (Å²) in [5, 5.41) is 9.02. The summed E-state index contributed by atoms with van der Waals surface area (Å²) in [5.41, 5.74) is 4.00. The Morgan fingerprint density at radius 3 is 2.00 bits per heavy atom. The highest BCUT2D eigenvalue weighted by molar-refractivity contribution is 8.00. The van der Waals surface area contributed by atoms with Crippen LogP contribution in [0.5, 0.6) is 0 Å². The van der Waals surface area contributed by atoms with Crippen LogP contribution in [0.4, 0.5) is 0 Å². The molecule has 0 aliphatic rings. The van der Waals surface area contributed by atoms with E-state index in [-0.39, 0.29) is 17.0 Å². The zero-order chi connectivity index (χ0) is 19.6. The zero-order valence-electron chi connectivity index (χ0n) is 16.4. The van der Waals surface area contributed by atoms with Gasteiger partial charge in [-0.1, -0.05) is 85.3 Å². The lowest BCUT2D eigenvalue weighted by molar-refractivity contribution is 0.0989. The van der Waals surface area contributed by atoms with E-state index in [9.17, 15) is 4.79 Å². The number of Topliss-reactive ketones (excluding diaryl/α,β-unsaturated/α-hetero) is 1. The number of carbonyl (C=O) groups is 1. The summed E-state index contributed by atoms with van der Waals surface area (Å²) in [6.45, 7) is 8.25. The molecule has 0 amide bonds. The second-order valence-electron chi connectivity index (χ2n) is 7.19. The van der Waals surface area contributed by atoms with Crippen LogP contribution in [0.3, 0.4) is 0 Å². The Kier molecular flexibility index (Phi) is 5.80. The minimum atomic E-state index is -0.365. The number of rotatable bonds is 6. The molecule has 5 heteroatoms. The van der Waals surface area contributed by atoms with Crippen molar-refractivity contribution in [3.63, 3.8) is 0 Å². The average molecular weight is 380 g/mol. The molecule has 1 unspecified atom stereocenters. The topological polar surface area (TPSA) is 47.8 Å². The number of ketones is 1. The molecule has 0 bridgehead atoms. The van der Waals surface area contributed by atoms with Crippen LogP contribution >= 0.6 is 11.8 Å². The lowest BCUT2D eigenvalue weighted by Gasteiger charge is -2.16. The first-order valence-electron chi connectivity index (χ1n) is 9.10. The van der Waals surface area contributed by atoms with Crippen LogP contribution in [0.2, 0.25) is 0 Å². The highest BCUT2D eigenvalue weighted by Gasteiger charge is 2.26. The molecule has 3 rings (SSSR count). The Bertz CT molecular complexity index is 927. The van der Waals surface area contributed by atoms with Crippen molar-refractivity contribution in [3.05, 3.63) is 76.6 Å². The van der Waals surface area contributed by atoms with E-state index in [0.717, 1.165) is 22.1 Å². The van der Waals surface area contributed by atoms with E-state index in [1.165, 1.54) is 17.3 Å². The van der Waals surface area contributed by atoms with Gasteiger partial charge in [0.2, 0.25) is 0 Å². The summed E-state index contributed by atoms with van der Waals surface area (Å²) in [4.78, 5) is 13.3. The minimum Gasteiger partial charge on any atom is -0.309 e. The smallest absolute Gasteiger partial charge is 0.192 e. The molecule has 0 aliphatic carbocycles. The number of aryl methyl sites for hydroxylation is 2. The van der Waals surface area contributed by atoms with Crippen LogP contribution in [0.15, 0.2) is 53.7 Å². The molecular weight excluding hydrogens is 354 g/mol. The number of aromatic nitrogens is 3. The van der Waals surface area contributed by atoms with E-state index >= 15 is 0 Å². The summed E-state index contributed by atoms with van der Waals surface area (Å²) in [5.74, 6) is 1.28. The van der Waals surface area contributed by atoms with Gasteiger partial charge in [0.15, 0.2) is 10.9 Å². The van der Waals surface area contributed by atoms with Gasteiger partial charge in [0.05, 0.1) is 0 Å². The van der Waals surface area contributed by atoms with Crippen LogP contribution in [-0.4, -0.2) is 20.5 Å². The second-order valence-corrected chi connectivity index (χ2v) is 8.27. The zero-order valence-corrected chi connectivity index (χ0v) is 17.2. The lowest BCUT2D eigenvalue weighted by atomic mass is 10.0. The quantitative estimate of drug-likeness (QED) is 0.432. The van der Waals surface area contributed by atoms with Crippen molar-refractivity contribution >= 4 is 17.5 Å². The fourth-order valence-electron chi connectivity index (χ4n) is 2.92. The number of hydrogen-bond donors (Lipinski definition) is 0. The van der Waals surface area contributed by atoms with Gasteiger partial charge in [0, 0.05) is 18.5 Å². The van der Waals surface area contributed by atoms with Crippen molar-refractivity contribution in [3.8, 4) is 0 Å². The van der Waals surface area contributed by atoms with E-state index < -0.39 is 0 Å². The van der Waals surface area contributed by atoms with E-state index in [0.29, 0.717) is 5.56 Å². The molecule has 0 spiro atoms. The van der Waals surface area contributed by atoms with Crippen molar-refractivity contribution < 1.29 is 4.79 Å². The van der Waals surface area contributed by atoms with Crippen LogP contribution in [-0.2, 0) is 7.05 Å². The Morgan fingerprint density at radius 2 is 1.48 bits per heavy atom. The standard InChI is InChI=1S/C22H25N3OS/c1-14(2)21-23-24-22(25(21)5)27-20(18-12-8-16(4)9-13-18)19(26)17-10-6-15(3)7-11-17/h6-14,20H,1-5H3. The molecule has 1 aromatic heterocycles. The van der Waals surface area contributed by atoms with Gasteiger partial charge in [0.1, 0.15) is 11.1 Å². The van der Waals surface area contributed by atoms with Gasteiger partial charge < -0.3 is 4.57 Å². The largest absolute Gasteiger partial charge is 0.309 e. The molecule has 0 radical (unpaired) electrons. The fraction of sp³-hybridized carbons (Fsp3) is 0.318. The highest BCUT2D eigenvalue weighted by Crippen LogP contribution is 2.37. The van der Waals surface area contributed by atoms with Crippen molar-refractivity contribution in [1.82, 2.24) is 14.8 Å². The number of hydrogen-bond acceptors (Lipinski definition) is 4. The van der Waals surface area contributed by atoms with Crippen molar-refractivity contribution in [2.75, 3.05) is 0 Å². The third-order valence-corrected chi connectivity index (χ3v) is 5.85. The summed E-state index contributed by atoms with van der Waals surface area (Å²) in [6.07, 6.45) is 0. The molecule has 27 heavy (non-hydrogen) atoms. The maximum Gasteiger partial charge on any atom is 0.192 e. The van der Waals surface area contributed by atoms with Crippen LogP contribution in [0, 0.1) is 13.8 Å². The van der Waals surface area contributed by atoms with Crippen LogP contribution in [0.1, 0.15) is 57.9 Å². The van der Waals surface area contributed by atoms with Gasteiger partial charge in [-0.25, -0.2) is 0 Å². The Hall–Kier alpha value is -2.40. The van der Waals surface area contributed by atoms with E-state index in [2.05, 4.69) is 24.0 Å². The lowest BCUT2D eigenvalue weighted by Crippen LogP contribution is -2.11. The third kappa shape index (κ3) is 4.30. The Labute approximate surface area is 165 Å². The maximum absolute atomic E-state index is 13.3. The molecule has 0 N–H and O–H groups in total. The molecular formula is C22H25N3OS. The predicted molar refractivity (Wildman–Crippen MR) is 110 cm³/mol. The van der Waals surface area contributed by atoms with Crippen molar-refractivity contribution in [2.45, 2.75) is 44.0 Å². The molecule has 0 saturated carbocycles. The Morgan fingerprint density at radius 1 is 0.926 bits per heavy atom. The Balaban J connectivity index is 1.98. The molecule has 140 valence electrons. The average Bonchev–Trinajstić information content (AvgIpc) is 3.01. The maximum atomic E-state index is 13.3. The van der Waals surface area contributed by atoms with Gasteiger partial charge in [-0.05, 0) is 19.4 Å². The third-order valence-electron chi connectivity index (χ3n) is 4.56. The molecule has 1 atom stereocenters.